The molecule has 0 aromatic carbocycles. The lowest BCUT2D eigenvalue weighted by molar-refractivity contribution is -0.137. The van der Waals surface area contributed by atoms with Crippen LogP contribution in [-0.2, 0) is 14.2 Å². The number of carboxylic acid groups (broad SMARTS) is 2. The number of rotatable bonds is 6. The average molecular weight is 258 g/mol. The van der Waals surface area contributed by atoms with Gasteiger partial charge in [0.05, 0.1) is 0 Å². The minimum Gasteiger partial charge on any atom is -0.481 e. The molecule has 8 nitrogen and oxygen atoms in total. The first kappa shape index (κ1) is 17.4. The van der Waals surface area contributed by atoms with E-state index in [0.29, 0.717) is 19.3 Å². The predicted molar refractivity (Wildman–Crippen MR) is 52.6 cm³/mol. The summed E-state index contributed by atoms with van der Waals surface area (Å²) < 4.78 is 8.88. The zero-order chi connectivity index (χ0) is 13.2. The topological polar surface area (TPSA) is 152 Å². The molecule has 0 amide bonds. The molecule has 0 unspecified atom stereocenters. The van der Waals surface area contributed by atoms with Crippen molar-refractivity contribution in [1.29, 1.82) is 0 Å². The van der Waals surface area contributed by atoms with Crippen LogP contribution in [0.5, 0.6) is 0 Å². The Morgan fingerprint density at radius 2 is 1.06 bits per heavy atom. The van der Waals surface area contributed by atoms with Crippen LogP contribution in [0.2, 0.25) is 0 Å². The molecule has 0 aliphatic rings. The molecule has 0 aromatic rings. The van der Waals surface area contributed by atoms with Gasteiger partial charge in [-0.1, -0.05) is 6.42 Å². The fraction of sp³-hybridized carbons (Fsp3) is 0.714. The van der Waals surface area contributed by atoms with E-state index in [1.54, 1.807) is 0 Å². The highest BCUT2D eigenvalue weighted by molar-refractivity contribution is 7.45. The van der Waals surface area contributed by atoms with E-state index in [9.17, 15) is 9.59 Å². The molecule has 0 bridgehead atoms. The van der Waals surface area contributed by atoms with Gasteiger partial charge in [0.15, 0.2) is 0 Å². The first-order chi connectivity index (χ1) is 7.13. The Kier molecular flexibility index (Phi) is 10.1. The lowest BCUT2D eigenvalue weighted by atomic mass is 10.1. The molecule has 0 aliphatic heterocycles. The highest BCUT2D eigenvalue weighted by Gasteiger charge is 2.00. The van der Waals surface area contributed by atoms with Gasteiger partial charge in [-0.05, 0) is 12.8 Å². The number of aliphatic carboxylic acids is 2. The minimum atomic E-state index is -4.64. The number of hydrogen-bond donors (Lipinski definition) is 5. The summed E-state index contributed by atoms with van der Waals surface area (Å²) in [4.78, 5) is 41.5. The van der Waals surface area contributed by atoms with Crippen molar-refractivity contribution in [3.05, 3.63) is 0 Å². The highest BCUT2D eigenvalue weighted by atomic mass is 31.2. The van der Waals surface area contributed by atoms with Gasteiger partial charge in [-0.25, -0.2) is 4.57 Å². The van der Waals surface area contributed by atoms with E-state index in [1.807, 2.05) is 0 Å². The predicted octanol–water partition coefficient (Wildman–Crippen LogP) is 0.177. The highest BCUT2D eigenvalue weighted by Crippen LogP contribution is 2.25. The van der Waals surface area contributed by atoms with Gasteiger partial charge < -0.3 is 24.9 Å². The van der Waals surface area contributed by atoms with Crippen molar-refractivity contribution in [2.45, 2.75) is 32.1 Å². The summed E-state index contributed by atoms with van der Waals surface area (Å²) in [5.41, 5.74) is 0. The van der Waals surface area contributed by atoms with Crippen LogP contribution in [0.3, 0.4) is 0 Å². The third kappa shape index (κ3) is 38.1. The second kappa shape index (κ2) is 9.29. The van der Waals surface area contributed by atoms with Crippen LogP contribution >= 0.6 is 7.82 Å². The molecule has 0 fully saturated rings. The monoisotopic (exact) mass is 258 g/mol. The Hall–Kier alpha value is -0.950. The largest absolute Gasteiger partial charge is 0.481 e. The molecule has 0 spiro atoms. The van der Waals surface area contributed by atoms with Gasteiger partial charge in [-0.15, -0.1) is 0 Å². The van der Waals surface area contributed by atoms with Crippen molar-refractivity contribution in [2.75, 3.05) is 0 Å². The van der Waals surface area contributed by atoms with E-state index in [2.05, 4.69) is 0 Å². The van der Waals surface area contributed by atoms with Crippen LogP contribution in [0.15, 0.2) is 0 Å². The van der Waals surface area contributed by atoms with Crippen molar-refractivity contribution in [1.82, 2.24) is 0 Å². The smallest absolute Gasteiger partial charge is 0.466 e. The molecule has 0 aromatic heterocycles. The summed E-state index contributed by atoms with van der Waals surface area (Å²) in [6.45, 7) is 0. The van der Waals surface area contributed by atoms with E-state index in [-0.39, 0.29) is 12.8 Å². The number of hydrogen-bond acceptors (Lipinski definition) is 3. The molecule has 96 valence electrons. The normalized spacial score (nSPS) is 10.2. The summed E-state index contributed by atoms with van der Waals surface area (Å²) in [5.74, 6) is -1.64. The van der Waals surface area contributed by atoms with Crippen molar-refractivity contribution in [3.63, 3.8) is 0 Å². The Balaban J connectivity index is 0. The van der Waals surface area contributed by atoms with Gasteiger partial charge in [0.25, 0.3) is 0 Å². The SMILES string of the molecule is O=C(O)CCCCCC(=O)O.O=P(O)(O)O. The lowest BCUT2D eigenvalue weighted by Crippen LogP contribution is -1.96. The van der Waals surface area contributed by atoms with Gasteiger partial charge in [0.1, 0.15) is 0 Å². The summed E-state index contributed by atoms with van der Waals surface area (Å²) in [6, 6.07) is 0. The number of unbranched alkanes of at least 4 members (excludes halogenated alkanes) is 2. The zero-order valence-electron chi connectivity index (χ0n) is 8.44. The summed E-state index contributed by atoms with van der Waals surface area (Å²) in [7, 11) is -4.64. The molecule has 0 radical (unpaired) electrons. The van der Waals surface area contributed by atoms with Crippen LogP contribution < -0.4 is 0 Å². The molecule has 0 atom stereocenters. The van der Waals surface area contributed by atoms with Gasteiger partial charge in [-0.3, -0.25) is 9.59 Å². The molecule has 0 saturated heterocycles. The van der Waals surface area contributed by atoms with Crippen LogP contribution in [0.25, 0.3) is 0 Å². The van der Waals surface area contributed by atoms with Gasteiger partial charge >= 0.3 is 19.8 Å². The summed E-state index contributed by atoms with van der Waals surface area (Å²) >= 11 is 0. The van der Waals surface area contributed by atoms with Crippen LogP contribution in [0, 0.1) is 0 Å². The van der Waals surface area contributed by atoms with Crippen LogP contribution in [0.4, 0.5) is 0 Å². The van der Waals surface area contributed by atoms with E-state index in [4.69, 9.17) is 29.5 Å². The summed E-state index contributed by atoms with van der Waals surface area (Å²) in [6.07, 6.45) is 2.10. The fourth-order valence-corrected chi connectivity index (χ4v) is 0.729. The maximum Gasteiger partial charge on any atom is 0.466 e. The second-order valence-electron chi connectivity index (χ2n) is 2.86. The Morgan fingerprint density at radius 3 is 1.25 bits per heavy atom. The maximum absolute atomic E-state index is 9.98. The van der Waals surface area contributed by atoms with Crippen molar-refractivity contribution < 1.29 is 39.0 Å². The molecule has 0 saturated carbocycles. The van der Waals surface area contributed by atoms with E-state index >= 15 is 0 Å². The maximum atomic E-state index is 9.98. The first-order valence-electron chi connectivity index (χ1n) is 4.35. The lowest BCUT2D eigenvalue weighted by Gasteiger charge is -1.94. The van der Waals surface area contributed by atoms with Crippen molar-refractivity contribution >= 4 is 19.8 Å². The quantitative estimate of drug-likeness (QED) is 0.334. The van der Waals surface area contributed by atoms with Crippen LogP contribution in [-0.4, -0.2) is 36.8 Å². The third-order valence-corrected chi connectivity index (χ3v) is 1.28. The number of carboxylic acids is 2. The molecule has 5 N–H and O–H groups in total. The standard InChI is InChI=1S/C7H12O4.H3O4P/c8-6(9)4-2-1-3-5-7(10)11;1-5(2,3)4/h1-5H2,(H,8,9)(H,10,11);(H3,1,2,3,4). The fourth-order valence-electron chi connectivity index (χ4n) is 0.729. The zero-order valence-corrected chi connectivity index (χ0v) is 9.34. The van der Waals surface area contributed by atoms with Gasteiger partial charge in [0, 0.05) is 12.8 Å². The van der Waals surface area contributed by atoms with Gasteiger partial charge in [-0.2, -0.15) is 0 Å². The molecular formula is C7H15O8P. The summed E-state index contributed by atoms with van der Waals surface area (Å²) in [5, 5.41) is 16.4. The second-order valence-corrected chi connectivity index (χ2v) is 3.89. The first-order valence-corrected chi connectivity index (χ1v) is 5.91. The number of phosphoric acid groups is 1. The average Bonchev–Trinajstić information content (AvgIpc) is 1.99. The minimum absolute atomic E-state index is 0.139. The van der Waals surface area contributed by atoms with E-state index in [0.717, 1.165) is 0 Å². The molecular weight excluding hydrogens is 243 g/mol. The molecule has 0 heterocycles. The Morgan fingerprint density at radius 1 is 0.812 bits per heavy atom. The molecule has 9 heteroatoms. The van der Waals surface area contributed by atoms with Crippen LogP contribution in [0.1, 0.15) is 32.1 Å². The van der Waals surface area contributed by atoms with Crippen molar-refractivity contribution in [3.8, 4) is 0 Å². The molecule has 16 heavy (non-hydrogen) atoms. The molecule has 0 aliphatic carbocycles. The van der Waals surface area contributed by atoms with Crippen molar-refractivity contribution in [2.24, 2.45) is 0 Å². The van der Waals surface area contributed by atoms with E-state index in [1.165, 1.54) is 0 Å². The Bertz CT molecular complexity index is 233. The van der Waals surface area contributed by atoms with Gasteiger partial charge in [0.2, 0.25) is 0 Å². The number of carbonyl (C=O) groups is 2. The third-order valence-electron chi connectivity index (χ3n) is 1.28. The molecule has 0 rings (SSSR count). The Labute approximate surface area is 91.8 Å². The van der Waals surface area contributed by atoms with E-state index < -0.39 is 19.8 Å².